The molecule has 0 saturated heterocycles. The van der Waals surface area contributed by atoms with E-state index in [4.69, 9.17) is 5.73 Å². The van der Waals surface area contributed by atoms with Gasteiger partial charge in [-0.05, 0) is 54.3 Å². The van der Waals surface area contributed by atoms with Crippen LogP contribution in [0.1, 0.15) is 42.3 Å². The van der Waals surface area contributed by atoms with Gasteiger partial charge in [0.25, 0.3) is 11.5 Å². The maximum atomic E-state index is 15.2. The molecule has 5 rings (SSSR count). The Morgan fingerprint density at radius 3 is 2.46 bits per heavy atom. The first-order valence-corrected chi connectivity index (χ1v) is 12.0. The SMILES string of the molecule is Cc1c(-n2cc(C(N)=O)c(Nc3ccc(F)cn3)n2)cccc1-n1ncc2cc(C(C)(C)C)cc(F)c2c1=O. The van der Waals surface area contributed by atoms with Gasteiger partial charge >= 0.3 is 0 Å². The number of nitrogens with one attached hydrogen (secondary N) is 1. The van der Waals surface area contributed by atoms with Crippen LogP contribution in [0.2, 0.25) is 0 Å². The zero-order valence-electron chi connectivity index (χ0n) is 21.7. The third-order valence-electron chi connectivity index (χ3n) is 6.41. The van der Waals surface area contributed by atoms with Crippen molar-refractivity contribution in [3.63, 3.8) is 0 Å². The molecule has 0 aliphatic carbocycles. The molecule has 2 aromatic carbocycles. The summed E-state index contributed by atoms with van der Waals surface area (Å²) in [5.41, 5.74) is 7.00. The highest BCUT2D eigenvalue weighted by atomic mass is 19.1. The number of primary amides is 1. The number of aromatic nitrogens is 5. The third kappa shape index (κ3) is 4.74. The average molecular weight is 530 g/mol. The van der Waals surface area contributed by atoms with Crippen LogP contribution in [0.3, 0.4) is 0 Å². The normalized spacial score (nSPS) is 11.6. The van der Waals surface area contributed by atoms with E-state index in [1.807, 2.05) is 20.8 Å². The van der Waals surface area contributed by atoms with Crippen molar-refractivity contribution in [2.75, 3.05) is 5.32 Å². The largest absolute Gasteiger partial charge is 0.365 e. The molecule has 0 unspecified atom stereocenters. The quantitative estimate of drug-likeness (QED) is 0.341. The van der Waals surface area contributed by atoms with Crippen LogP contribution in [-0.4, -0.2) is 30.5 Å². The van der Waals surface area contributed by atoms with Crippen LogP contribution in [0.25, 0.3) is 22.1 Å². The summed E-state index contributed by atoms with van der Waals surface area (Å²) in [5, 5.41) is 12.0. The van der Waals surface area contributed by atoms with Gasteiger partial charge in [-0.25, -0.2) is 18.4 Å². The summed E-state index contributed by atoms with van der Waals surface area (Å²) in [6.07, 6.45) is 3.93. The van der Waals surface area contributed by atoms with Crippen LogP contribution in [-0.2, 0) is 5.41 Å². The Balaban J connectivity index is 1.60. The maximum Gasteiger partial charge on any atom is 0.282 e. The molecule has 0 bridgehead atoms. The summed E-state index contributed by atoms with van der Waals surface area (Å²) in [7, 11) is 0. The molecule has 0 aliphatic rings. The number of carbonyl (C=O) groups is 1. The third-order valence-corrected chi connectivity index (χ3v) is 6.41. The maximum absolute atomic E-state index is 15.2. The smallest absolute Gasteiger partial charge is 0.282 e. The van der Waals surface area contributed by atoms with Crippen LogP contribution >= 0.6 is 0 Å². The molecule has 0 saturated carbocycles. The van der Waals surface area contributed by atoms with Crippen molar-refractivity contribution >= 4 is 28.3 Å². The second-order valence-electron chi connectivity index (χ2n) is 10.1. The van der Waals surface area contributed by atoms with Gasteiger partial charge in [0.15, 0.2) is 5.82 Å². The van der Waals surface area contributed by atoms with E-state index in [1.165, 1.54) is 35.3 Å². The van der Waals surface area contributed by atoms with Gasteiger partial charge < -0.3 is 11.1 Å². The lowest BCUT2D eigenvalue weighted by atomic mass is 9.86. The van der Waals surface area contributed by atoms with E-state index in [0.29, 0.717) is 22.3 Å². The minimum absolute atomic E-state index is 0.0591. The van der Waals surface area contributed by atoms with Gasteiger partial charge in [-0.2, -0.15) is 9.78 Å². The van der Waals surface area contributed by atoms with Crippen molar-refractivity contribution in [1.29, 1.82) is 0 Å². The fraction of sp³-hybridized carbons (Fsp3) is 0.179. The van der Waals surface area contributed by atoms with Gasteiger partial charge in [0, 0.05) is 17.1 Å². The molecule has 198 valence electrons. The van der Waals surface area contributed by atoms with Crippen LogP contribution < -0.4 is 16.6 Å². The first-order valence-electron chi connectivity index (χ1n) is 12.0. The van der Waals surface area contributed by atoms with Gasteiger partial charge in [-0.15, -0.1) is 5.10 Å². The minimum atomic E-state index is -0.739. The molecule has 0 atom stereocenters. The second-order valence-corrected chi connectivity index (χ2v) is 10.1. The molecule has 0 radical (unpaired) electrons. The van der Waals surface area contributed by atoms with E-state index in [-0.39, 0.29) is 28.0 Å². The first-order chi connectivity index (χ1) is 18.4. The van der Waals surface area contributed by atoms with Gasteiger partial charge in [0.2, 0.25) is 0 Å². The topological polar surface area (TPSA) is 121 Å². The van der Waals surface area contributed by atoms with E-state index in [0.717, 1.165) is 16.4 Å². The van der Waals surface area contributed by atoms with Crippen LogP contribution in [0.4, 0.5) is 20.4 Å². The molecule has 39 heavy (non-hydrogen) atoms. The van der Waals surface area contributed by atoms with Crippen LogP contribution in [0, 0.1) is 18.6 Å². The summed E-state index contributed by atoms with van der Waals surface area (Å²) in [5.74, 6) is -1.49. The average Bonchev–Trinajstić information content (AvgIpc) is 3.29. The number of nitrogens with zero attached hydrogens (tertiary/aromatic N) is 5. The molecule has 0 spiro atoms. The van der Waals surface area contributed by atoms with E-state index in [1.54, 1.807) is 31.2 Å². The zero-order chi connectivity index (χ0) is 28.1. The molecule has 3 heterocycles. The molecule has 0 aliphatic heterocycles. The molecule has 11 heteroatoms. The molecule has 0 fully saturated rings. The molecule has 5 aromatic rings. The first kappa shape index (κ1) is 25.7. The minimum Gasteiger partial charge on any atom is -0.365 e. The number of amides is 1. The Morgan fingerprint density at radius 2 is 1.79 bits per heavy atom. The molecule has 3 aromatic heterocycles. The number of benzene rings is 2. The Hall–Kier alpha value is -4.93. The number of nitrogens with two attached hydrogens (primary N) is 1. The predicted molar refractivity (Wildman–Crippen MR) is 144 cm³/mol. The molecule has 1 amide bonds. The standard InChI is InChI=1S/C28H25F2N7O2/c1-15-21(36-14-19(25(31)38)26(35-36)34-23-9-8-18(29)13-32-23)6-5-7-22(15)37-27(39)24-16(12-33-37)10-17(11-20(24)30)28(2,3)4/h5-14H,1-4H3,(H2,31,38)(H,32,34,35). The predicted octanol–water partition coefficient (Wildman–Crippen LogP) is 4.69. The summed E-state index contributed by atoms with van der Waals surface area (Å²) in [4.78, 5) is 29.5. The number of pyridine rings is 1. The van der Waals surface area contributed by atoms with Gasteiger partial charge in [0.05, 0.1) is 29.2 Å². The summed E-state index contributed by atoms with van der Waals surface area (Å²) >= 11 is 0. The molecular weight excluding hydrogens is 504 g/mol. The van der Waals surface area contributed by atoms with Crippen molar-refractivity contribution in [3.8, 4) is 11.4 Å². The zero-order valence-corrected chi connectivity index (χ0v) is 21.7. The number of rotatable bonds is 5. The number of halogens is 2. The van der Waals surface area contributed by atoms with Crippen LogP contribution in [0.5, 0.6) is 0 Å². The van der Waals surface area contributed by atoms with Gasteiger partial charge in [0.1, 0.15) is 23.0 Å². The summed E-state index contributed by atoms with van der Waals surface area (Å²) in [6, 6.07) is 10.9. The Labute approximate surface area is 221 Å². The lowest BCUT2D eigenvalue weighted by molar-refractivity contribution is 0.100. The van der Waals surface area contributed by atoms with Crippen molar-refractivity contribution < 1.29 is 13.6 Å². The van der Waals surface area contributed by atoms with Gasteiger partial charge in [-0.1, -0.05) is 26.8 Å². The number of anilines is 2. The monoisotopic (exact) mass is 529 g/mol. The number of fused-ring (bicyclic) bond motifs is 1. The summed E-state index contributed by atoms with van der Waals surface area (Å²) in [6.45, 7) is 7.65. The van der Waals surface area contributed by atoms with E-state index in [2.05, 4.69) is 20.5 Å². The van der Waals surface area contributed by atoms with Crippen molar-refractivity contribution in [2.45, 2.75) is 33.1 Å². The van der Waals surface area contributed by atoms with E-state index < -0.39 is 23.1 Å². The highest BCUT2D eigenvalue weighted by Gasteiger charge is 2.21. The van der Waals surface area contributed by atoms with E-state index >= 15 is 4.39 Å². The van der Waals surface area contributed by atoms with Crippen LogP contribution in [0.15, 0.2) is 65.8 Å². The number of hydrogen-bond acceptors (Lipinski definition) is 6. The molecule has 3 N–H and O–H groups in total. The Kier molecular flexibility index (Phi) is 6.21. The van der Waals surface area contributed by atoms with Crippen molar-refractivity contribution in [3.05, 3.63) is 99.7 Å². The van der Waals surface area contributed by atoms with Crippen molar-refractivity contribution in [1.82, 2.24) is 24.5 Å². The highest BCUT2D eigenvalue weighted by molar-refractivity contribution is 5.98. The summed E-state index contributed by atoms with van der Waals surface area (Å²) < 4.78 is 31.0. The fourth-order valence-electron chi connectivity index (χ4n) is 4.27. The molecular formula is C28H25F2N7O2. The lowest BCUT2D eigenvalue weighted by Crippen LogP contribution is -2.23. The van der Waals surface area contributed by atoms with Crippen molar-refractivity contribution in [2.24, 2.45) is 5.73 Å². The molecule has 9 nitrogen and oxygen atoms in total. The highest BCUT2D eigenvalue weighted by Crippen LogP contribution is 2.28. The van der Waals surface area contributed by atoms with E-state index in [9.17, 15) is 14.0 Å². The number of carbonyl (C=O) groups excluding carboxylic acids is 1. The van der Waals surface area contributed by atoms with Gasteiger partial charge in [-0.3, -0.25) is 9.59 Å². The Bertz CT molecular complexity index is 1800. The number of hydrogen-bond donors (Lipinski definition) is 2. The lowest BCUT2D eigenvalue weighted by Gasteiger charge is -2.20. The fourth-order valence-corrected chi connectivity index (χ4v) is 4.27. The second kappa shape index (κ2) is 9.43. The Morgan fingerprint density at radius 1 is 1.05 bits per heavy atom.